The van der Waals surface area contributed by atoms with E-state index in [-0.39, 0.29) is 24.4 Å². The molecule has 0 aliphatic carbocycles. The molecule has 1 fully saturated rings. The zero-order valence-corrected chi connectivity index (χ0v) is 14.8. The first-order chi connectivity index (χ1) is 10.6. The van der Waals surface area contributed by atoms with Crippen LogP contribution in [-0.2, 0) is 4.79 Å². The van der Waals surface area contributed by atoms with Crippen LogP contribution < -0.4 is 15.0 Å². The summed E-state index contributed by atoms with van der Waals surface area (Å²) in [5.74, 6) is 1.77. The Balaban J connectivity index is 0.00000192. The van der Waals surface area contributed by atoms with Gasteiger partial charge < -0.3 is 15.0 Å². The van der Waals surface area contributed by atoms with Crippen molar-refractivity contribution >= 4 is 24.0 Å². The van der Waals surface area contributed by atoms with Crippen LogP contribution in [0.15, 0.2) is 18.2 Å². The van der Waals surface area contributed by atoms with Crippen LogP contribution in [0.25, 0.3) is 0 Å². The molecule has 2 heterocycles. The summed E-state index contributed by atoms with van der Waals surface area (Å²) in [5.41, 5.74) is 2.09. The smallest absolute Gasteiger partial charge is 0.227 e. The van der Waals surface area contributed by atoms with Crippen molar-refractivity contribution in [3.63, 3.8) is 0 Å². The highest BCUT2D eigenvalue weighted by Crippen LogP contribution is 2.35. The van der Waals surface area contributed by atoms with E-state index in [0.29, 0.717) is 18.9 Å². The average molecular weight is 339 g/mol. The molecule has 3 rings (SSSR count). The largest absolute Gasteiger partial charge is 0.487 e. The fraction of sp³-hybridized carbons (Fsp3) is 0.611. The van der Waals surface area contributed by atoms with Crippen LogP contribution >= 0.6 is 12.4 Å². The summed E-state index contributed by atoms with van der Waals surface area (Å²) in [4.78, 5) is 14.6. The van der Waals surface area contributed by atoms with Crippen molar-refractivity contribution in [1.82, 2.24) is 5.32 Å². The molecule has 1 saturated heterocycles. The van der Waals surface area contributed by atoms with Crippen LogP contribution in [0, 0.1) is 12.8 Å². The number of nitrogens with zero attached hydrogens (tertiary/aromatic N) is 1. The SMILES string of the molecule is Cc1ccc2c(c1)OC(C)CN2C(=O)CCC1CCNCC1.Cl. The molecular formula is C18H27ClN2O2. The van der Waals surface area contributed by atoms with Crippen LogP contribution in [0.3, 0.4) is 0 Å². The van der Waals surface area contributed by atoms with E-state index in [9.17, 15) is 4.79 Å². The second kappa shape index (κ2) is 8.02. The Hall–Kier alpha value is -1.26. The van der Waals surface area contributed by atoms with Gasteiger partial charge in [-0.15, -0.1) is 12.4 Å². The lowest BCUT2D eigenvalue weighted by molar-refractivity contribution is -0.119. The van der Waals surface area contributed by atoms with E-state index in [2.05, 4.69) is 5.32 Å². The van der Waals surface area contributed by atoms with E-state index in [4.69, 9.17) is 4.74 Å². The second-order valence-corrected chi connectivity index (χ2v) is 6.64. The fourth-order valence-corrected chi connectivity index (χ4v) is 3.42. The van der Waals surface area contributed by atoms with Gasteiger partial charge in [0.15, 0.2) is 0 Å². The number of ether oxygens (including phenoxy) is 1. The third-order valence-corrected chi connectivity index (χ3v) is 4.70. The topological polar surface area (TPSA) is 41.6 Å². The molecule has 5 heteroatoms. The first kappa shape index (κ1) is 18.1. The van der Waals surface area contributed by atoms with Crippen molar-refractivity contribution in [2.75, 3.05) is 24.5 Å². The number of carbonyl (C=O) groups is 1. The molecule has 1 N–H and O–H groups in total. The van der Waals surface area contributed by atoms with Crippen molar-refractivity contribution in [2.24, 2.45) is 5.92 Å². The van der Waals surface area contributed by atoms with Gasteiger partial charge in [-0.3, -0.25) is 4.79 Å². The Labute approximate surface area is 145 Å². The quantitative estimate of drug-likeness (QED) is 0.919. The third kappa shape index (κ3) is 4.39. The molecule has 1 amide bonds. The number of anilines is 1. The van der Waals surface area contributed by atoms with Gasteiger partial charge in [0, 0.05) is 6.42 Å². The molecule has 1 unspecified atom stereocenters. The number of carbonyl (C=O) groups excluding carboxylic acids is 1. The maximum absolute atomic E-state index is 12.7. The number of aryl methyl sites for hydroxylation is 1. The molecule has 0 aromatic heterocycles. The maximum atomic E-state index is 12.7. The Kier molecular flexibility index (Phi) is 6.31. The summed E-state index contributed by atoms with van der Waals surface area (Å²) in [6, 6.07) is 6.09. The Morgan fingerprint density at radius 2 is 2.09 bits per heavy atom. The number of amides is 1. The van der Waals surface area contributed by atoms with E-state index in [1.165, 1.54) is 12.8 Å². The second-order valence-electron chi connectivity index (χ2n) is 6.64. The highest BCUT2D eigenvalue weighted by atomic mass is 35.5. The number of halogens is 1. The van der Waals surface area contributed by atoms with Crippen LogP contribution in [-0.4, -0.2) is 31.6 Å². The minimum absolute atomic E-state index is 0. The molecule has 23 heavy (non-hydrogen) atoms. The summed E-state index contributed by atoms with van der Waals surface area (Å²) < 4.78 is 5.89. The third-order valence-electron chi connectivity index (χ3n) is 4.70. The normalized spacial score (nSPS) is 21.1. The van der Waals surface area contributed by atoms with Crippen LogP contribution in [0.4, 0.5) is 5.69 Å². The first-order valence-electron chi connectivity index (χ1n) is 8.42. The average Bonchev–Trinajstić information content (AvgIpc) is 2.52. The van der Waals surface area contributed by atoms with E-state index in [1.807, 2.05) is 36.9 Å². The predicted octanol–water partition coefficient (Wildman–Crippen LogP) is 3.31. The van der Waals surface area contributed by atoms with Gasteiger partial charge in [0.05, 0.1) is 12.2 Å². The zero-order chi connectivity index (χ0) is 15.5. The molecule has 0 radical (unpaired) electrons. The number of hydrogen-bond donors (Lipinski definition) is 1. The number of rotatable bonds is 3. The van der Waals surface area contributed by atoms with Crippen LogP contribution in [0.5, 0.6) is 5.75 Å². The highest BCUT2D eigenvalue weighted by molar-refractivity contribution is 5.95. The lowest BCUT2D eigenvalue weighted by Gasteiger charge is -2.34. The number of benzene rings is 1. The number of nitrogens with one attached hydrogen (secondary N) is 1. The molecule has 1 aromatic carbocycles. The lowest BCUT2D eigenvalue weighted by Crippen LogP contribution is -2.42. The van der Waals surface area contributed by atoms with Crippen molar-refractivity contribution < 1.29 is 9.53 Å². The monoisotopic (exact) mass is 338 g/mol. The molecule has 4 nitrogen and oxygen atoms in total. The molecule has 128 valence electrons. The minimum atomic E-state index is 0. The highest BCUT2D eigenvalue weighted by Gasteiger charge is 2.28. The number of hydrogen-bond acceptors (Lipinski definition) is 3. The van der Waals surface area contributed by atoms with Gasteiger partial charge in [-0.1, -0.05) is 6.07 Å². The van der Waals surface area contributed by atoms with Gasteiger partial charge in [-0.25, -0.2) is 0 Å². The van der Waals surface area contributed by atoms with Crippen molar-refractivity contribution in [3.05, 3.63) is 23.8 Å². The fourth-order valence-electron chi connectivity index (χ4n) is 3.42. The van der Waals surface area contributed by atoms with E-state index < -0.39 is 0 Å². The lowest BCUT2D eigenvalue weighted by atomic mass is 9.93. The molecule has 0 spiro atoms. The Bertz CT molecular complexity index is 544. The molecule has 0 saturated carbocycles. The molecule has 2 aliphatic heterocycles. The summed E-state index contributed by atoms with van der Waals surface area (Å²) in [6.45, 7) is 6.91. The molecular weight excluding hydrogens is 312 g/mol. The van der Waals surface area contributed by atoms with Crippen LogP contribution in [0.2, 0.25) is 0 Å². The molecule has 1 atom stereocenters. The van der Waals surface area contributed by atoms with Gasteiger partial charge in [0.25, 0.3) is 0 Å². The summed E-state index contributed by atoms with van der Waals surface area (Å²) in [7, 11) is 0. The number of fused-ring (bicyclic) bond motifs is 1. The Morgan fingerprint density at radius 3 is 2.83 bits per heavy atom. The predicted molar refractivity (Wildman–Crippen MR) is 95.7 cm³/mol. The van der Waals surface area contributed by atoms with Crippen LogP contribution in [0.1, 0.15) is 38.2 Å². The summed E-state index contributed by atoms with van der Waals surface area (Å²) >= 11 is 0. The summed E-state index contributed by atoms with van der Waals surface area (Å²) in [5, 5.41) is 3.38. The van der Waals surface area contributed by atoms with Gasteiger partial charge in [0.2, 0.25) is 5.91 Å². The molecule has 1 aromatic rings. The standard InChI is InChI=1S/C18H26N2O2.ClH/c1-13-3-5-16-17(11-13)22-14(2)12-20(16)18(21)6-4-15-7-9-19-10-8-15;/h3,5,11,14-15,19H,4,6-10,12H2,1-2H3;1H. The van der Waals surface area contributed by atoms with Crippen molar-refractivity contribution in [2.45, 2.75) is 45.6 Å². The van der Waals surface area contributed by atoms with Gasteiger partial charge >= 0.3 is 0 Å². The van der Waals surface area contributed by atoms with E-state index in [1.54, 1.807) is 0 Å². The van der Waals surface area contributed by atoms with E-state index in [0.717, 1.165) is 36.5 Å². The molecule has 2 aliphatic rings. The maximum Gasteiger partial charge on any atom is 0.227 e. The molecule has 0 bridgehead atoms. The zero-order valence-electron chi connectivity index (χ0n) is 14.0. The van der Waals surface area contributed by atoms with Gasteiger partial charge in [-0.05, 0) is 69.8 Å². The summed E-state index contributed by atoms with van der Waals surface area (Å²) in [6.07, 6.45) is 4.10. The van der Waals surface area contributed by atoms with E-state index >= 15 is 0 Å². The van der Waals surface area contributed by atoms with Gasteiger partial charge in [-0.2, -0.15) is 0 Å². The minimum Gasteiger partial charge on any atom is -0.487 e. The number of piperidine rings is 1. The first-order valence-corrected chi connectivity index (χ1v) is 8.42. The van der Waals surface area contributed by atoms with Crippen molar-refractivity contribution in [1.29, 1.82) is 0 Å². The Morgan fingerprint density at radius 1 is 1.35 bits per heavy atom. The van der Waals surface area contributed by atoms with Gasteiger partial charge in [0.1, 0.15) is 11.9 Å². The van der Waals surface area contributed by atoms with Crippen molar-refractivity contribution in [3.8, 4) is 5.75 Å².